The summed E-state index contributed by atoms with van der Waals surface area (Å²) in [6.07, 6.45) is 1.82. The van der Waals surface area contributed by atoms with Crippen molar-refractivity contribution < 1.29 is 24.3 Å². The van der Waals surface area contributed by atoms with Crippen molar-refractivity contribution >= 4 is 75.2 Å². The number of carboxylic acid groups (broad SMARTS) is 1. The van der Waals surface area contributed by atoms with Gasteiger partial charge in [-0.15, -0.1) is 40.0 Å². The summed E-state index contributed by atoms with van der Waals surface area (Å²) in [5, 5.41) is 29.6. The third-order valence-corrected chi connectivity index (χ3v) is 9.15. The van der Waals surface area contributed by atoms with Crippen LogP contribution < -0.4 is 11.1 Å². The van der Waals surface area contributed by atoms with Crippen LogP contribution in [0.1, 0.15) is 5.69 Å². The number of aromatic nitrogens is 5. The van der Waals surface area contributed by atoms with Gasteiger partial charge in [-0.2, -0.15) is 0 Å². The second-order valence-corrected chi connectivity index (χ2v) is 11.4. The van der Waals surface area contributed by atoms with E-state index in [0.29, 0.717) is 5.16 Å². The van der Waals surface area contributed by atoms with Crippen LogP contribution in [0.15, 0.2) is 15.7 Å². The number of aryl methyl sites for hydroxylation is 1. The summed E-state index contributed by atoms with van der Waals surface area (Å²) >= 11 is 5.05. The minimum atomic E-state index is -1.18. The maximum atomic E-state index is 13.0. The number of thiazole rings is 1. The number of nitrogens with zero attached hydrogens (tertiary/aromatic N) is 7. The van der Waals surface area contributed by atoms with E-state index in [1.54, 1.807) is 12.4 Å². The Kier molecular flexibility index (Phi) is 7.72. The zero-order chi connectivity index (χ0) is 25.2. The summed E-state index contributed by atoms with van der Waals surface area (Å²) in [6, 6.07) is -0.823. The number of β-lactam (4-membered cyclic amide) rings is 1. The molecule has 4 N–H and O–H groups in total. The fourth-order valence-electron chi connectivity index (χ4n) is 3.41. The zero-order valence-corrected chi connectivity index (χ0v) is 21.7. The lowest BCUT2D eigenvalue weighted by molar-refractivity contribution is -0.157. The van der Waals surface area contributed by atoms with Crippen molar-refractivity contribution in [3.63, 3.8) is 0 Å². The third kappa shape index (κ3) is 5.19. The summed E-state index contributed by atoms with van der Waals surface area (Å²) in [6.45, 7) is 0.0177. The number of thioether (sulfide) groups is 3. The highest BCUT2D eigenvalue weighted by molar-refractivity contribution is 8.00. The molecule has 0 aliphatic carbocycles. The molecule has 2 aliphatic rings. The molecule has 2 amide bonds. The standard InChI is InChI=1S/C17H21N9O5S4/c1-25-16(21-23-24-25)35-6-17(14(29)30)4-26-12(28)10(13(26)34-5-17)20-11(27)9(22-31-7-32-2)8-3-33-15(18)19-8/h3,10,13H,4-7H2,1-2H3,(H2,18,19)(H,20,27)(H,29,30)/t10?,13-,17?/m1/s1. The zero-order valence-electron chi connectivity index (χ0n) is 18.5. The first-order valence-corrected chi connectivity index (χ1v) is 14.3. The maximum absolute atomic E-state index is 13.0. The summed E-state index contributed by atoms with van der Waals surface area (Å²) in [4.78, 5) is 48.8. The van der Waals surface area contributed by atoms with Gasteiger partial charge >= 0.3 is 5.97 Å². The Labute approximate surface area is 215 Å². The van der Waals surface area contributed by atoms with E-state index in [2.05, 4.69) is 31.0 Å². The summed E-state index contributed by atoms with van der Waals surface area (Å²) < 4.78 is 1.46. The molecule has 4 rings (SSSR count). The number of carbonyl (C=O) groups excluding carboxylic acids is 2. The van der Waals surface area contributed by atoms with Gasteiger partial charge in [-0.1, -0.05) is 16.9 Å². The first kappa shape index (κ1) is 25.5. The Morgan fingerprint density at radius 3 is 2.91 bits per heavy atom. The molecule has 0 radical (unpaired) electrons. The minimum Gasteiger partial charge on any atom is -0.481 e. The van der Waals surface area contributed by atoms with Crippen molar-refractivity contribution in [1.82, 2.24) is 35.4 Å². The molecule has 35 heavy (non-hydrogen) atoms. The van der Waals surface area contributed by atoms with Gasteiger partial charge in [0, 0.05) is 30.5 Å². The molecule has 2 aliphatic heterocycles. The van der Waals surface area contributed by atoms with Crippen molar-refractivity contribution in [1.29, 1.82) is 0 Å². The van der Waals surface area contributed by atoms with Gasteiger partial charge in [0.15, 0.2) is 16.8 Å². The summed E-state index contributed by atoms with van der Waals surface area (Å²) in [5.41, 5.74) is 4.65. The highest BCUT2D eigenvalue weighted by Gasteiger charge is 2.57. The molecule has 4 heterocycles. The number of anilines is 1. The lowest BCUT2D eigenvalue weighted by Gasteiger charge is -2.53. The number of carboxylic acids is 1. The fraction of sp³-hybridized carbons (Fsp3) is 0.529. The van der Waals surface area contributed by atoms with Crippen molar-refractivity contribution in [3.8, 4) is 0 Å². The second-order valence-electron chi connectivity index (χ2n) is 7.62. The molecule has 2 saturated heterocycles. The van der Waals surface area contributed by atoms with E-state index in [1.165, 1.54) is 44.9 Å². The van der Waals surface area contributed by atoms with Gasteiger partial charge in [-0.25, -0.2) is 9.67 Å². The van der Waals surface area contributed by atoms with E-state index in [4.69, 9.17) is 10.6 Å². The Morgan fingerprint density at radius 1 is 1.49 bits per heavy atom. The Hall–Kier alpha value is -2.57. The van der Waals surface area contributed by atoms with Gasteiger partial charge in [0.05, 0.1) is 0 Å². The first-order valence-electron chi connectivity index (χ1n) is 9.97. The van der Waals surface area contributed by atoms with Crippen LogP contribution in [0.25, 0.3) is 0 Å². The van der Waals surface area contributed by atoms with Gasteiger partial charge in [0.1, 0.15) is 22.5 Å². The van der Waals surface area contributed by atoms with E-state index >= 15 is 0 Å². The molecule has 0 aromatic carbocycles. The molecule has 14 nitrogen and oxygen atoms in total. The lowest BCUT2D eigenvalue weighted by Crippen LogP contribution is -2.74. The highest BCUT2D eigenvalue weighted by atomic mass is 32.2. The normalized spacial score (nSPS) is 24.0. The minimum absolute atomic E-state index is 0.0177. The Balaban J connectivity index is 1.43. The number of rotatable bonds is 10. The number of nitrogens with one attached hydrogen (secondary N) is 1. The van der Waals surface area contributed by atoms with Gasteiger partial charge in [0.25, 0.3) is 5.91 Å². The van der Waals surface area contributed by atoms with Gasteiger partial charge < -0.3 is 25.9 Å². The van der Waals surface area contributed by atoms with Crippen LogP contribution in [0, 0.1) is 5.41 Å². The monoisotopic (exact) mass is 559 g/mol. The van der Waals surface area contributed by atoms with Crippen LogP contribution in [0.2, 0.25) is 0 Å². The van der Waals surface area contributed by atoms with Gasteiger partial charge in [0.2, 0.25) is 11.1 Å². The molecule has 2 unspecified atom stereocenters. The molecular formula is C17H21N9O5S4. The number of oxime groups is 1. The van der Waals surface area contributed by atoms with Crippen LogP contribution in [0.3, 0.4) is 0 Å². The summed E-state index contributed by atoms with van der Waals surface area (Å²) in [5.74, 6) is -1.34. The predicted molar refractivity (Wildman–Crippen MR) is 132 cm³/mol. The van der Waals surface area contributed by atoms with Gasteiger partial charge in [-0.3, -0.25) is 14.4 Å². The molecule has 0 bridgehead atoms. The van der Waals surface area contributed by atoms with Crippen LogP contribution in [0.5, 0.6) is 0 Å². The van der Waals surface area contributed by atoms with Crippen molar-refractivity contribution in [2.45, 2.75) is 16.6 Å². The van der Waals surface area contributed by atoms with E-state index in [9.17, 15) is 19.5 Å². The Morgan fingerprint density at radius 2 is 2.29 bits per heavy atom. The van der Waals surface area contributed by atoms with Crippen molar-refractivity contribution in [3.05, 3.63) is 11.1 Å². The average Bonchev–Trinajstić information content (AvgIpc) is 3.46. The predicted octanol–water partition coefficient (Wildman–Crippen LogP) is -0.447. The quantitative estimate of drug-likeness (QED) is 0.0848. The first-order chi connectivity index (χ1) is 16.8. The molecule has 0 saturated carbocycles. The number of hydrogen-bond acceptors (Lipinski definition) is 14. The van der Waals surface area contributed by atoms with Crippen LogP contribution in [0.4, 0.5) is 5.13 Å². The number of fused-ring (bicyclic) bond motifs is 1. The smallest absolute Gasteiger partial charge is 0.313 e. The largest absolute Gasteiger partial charge is 0.481 e. The maximum Gasteiger partial charge on any atom is 0.313 e. The lowest BCUT2D eigenvalue weighted by atomic mass is 9.89. The third-order valence-electron chi connectivity index (χ3n) is 5.25. The molecule has 188 valence electrons. The van der Waals surface area contributed by atoms with E-state index in [0.717, 1.165) is 11.3 Å². The fourth-order valence-corrected chi connectivity index (χ4v) is 6.82. The number of aliphatic carboxylic acids is 1. The molecular weight excluding hydrogens is 539 g/mol. The van der Waals surface area contributed by atoms with Gasteiger partial charge in [-0.05, 0) is 16.7 Å². The molecule has 18 heteroatoms. The molecule has 0 spiro atoms. The molecule has 2 aromatic rings. The van der Waals surface area contributed by atoms with Crippen molar-refractivity contribution in [2.24, 2.45) is 17.6 Å². The number of carbonyl (C=O) groups is 3. The van der Waals surface area contributed by atoms with Crippen LogP contribution in [-0.2, 0) is 26.3 Å². The number of nitrogens with two attached hydrogens (primary N) is 1. The second kappa shape index (κ2) is 10.6. The molecule has 2 fully saturated rings. The molecule has 2 aromatic heterocycles. The van der Waals surface area contributed by atoms with Crippen LogP contribution >= 0.6 is 46.6 Å². The number of tetrazole rings is 1. The number of nitrogen functional groups attached to an aromatic ring is 1. The van der Waals surface area contributed by atoms with E-state index < -0.39 is 28.7 Å². The highest BCUT2D eigenvalue weighted by Crippen LogP contribution is 2.44. The summed E-state index contributed by atoms with van der Waals surface area (Å²) in [7, 11) is 1.66. The van der Waals surface area contributed by atoms with E-state index in [-0.39, 0.29) is 46.4 Å². The van der Waals surface area contributed by atoms with Crippen LogP contribution in [-0.4, -0.2) is 100 Å². The number of hydrogen-bond donors (Lipinski definition) is 3. The number of amides is 2. The SMILES string of the molecule is CSCON=C(C(=O)NC1C(=O)N2CC(CSc3nnnn3C)(C(=O)O)CS[C@H]12)c1csc(N)n1. The average molecular weight is 560 g/mol. The molecule has 3 atom stereocenters. The topological polar surface area (TPSA) is 191 Å². The van der Waals surface area contributed by atoms with Crippen molar-refractivity contribution in [2.75, 3.05) is 36.0 Å². The van der Waals surface area contributed by atoms with E-state index in [1.807, 2.05) is 6.26 Å². The Bertz CT molecular complexity index is 1160.